The van der Waals surface area contributed by atoms with Crippen LogP contribution in [0.25, 0.3) is 0 Å². The van der Waals surface area contributed by atoms with E-state index >= 15 is 0 Å². The molecule has 1 aliphatic rings. The highest BCUT2D eigenvalue weighted by molar-refractivity contribution is 7.46. The minimum absolute atomic E-state index is 0.0829. The van der Waals surface area contributed by atoms with Crippen LogP contribution < -0.4 is 0 Å². The van der Waals surface area contributed by atoms with Gasteiger partial charge < -0.3 is 24.0 Å². The van der Waals surface area contributed by atoms with E-state index in [1.165, 1.54) is 89.9 Å². The fourth-order valence-corrected chi connectivity index (χ4v) is 6.51. The van der Waals surface area contributed by atoms with E-state index in [4.69, 9.17) is 24.0 Å². The van der Waals surface area contributed by atoms with Crippen LogP contribution in [-0.2, 0) is 32.9 Å². The SMILES string of the molecule is CC/C=C\CC1OC1C/C=C\C/C=C\C/C=C\C/C=C\CCC(=O)O[C@H](COC(=O)CCCCCCCCCCCCCCCCCCC)COP(=O)(O)O. The molecule has 10 heteroatoms. The summed E-state index contributed by atoms with van der Waals surface area (Å²) in [5.41, 5.74) is 0. The Hall–Kier alpha value is -2.29. The number of rotatable bonds is 38. The monoisotopic (exact) mass is 793 g/mol. The summed E-state index contributed by atoms with van der Waals surface area (Å²) in [7, 11) is -4.78. The zero-order valence-corrected chi connectivity index (χ0v) is 35.4. The maximum Gasteiger partial charge on any atom is 0.469 e. The molecule has 0 bridgehead atoms. The first-order valence-corrected chi connectivity index (χ1v) is 23.2. The minimum Gasteiger partial charge on any atom is -0.462 e. The van der Waals surface area contributed by atoms with Gasteiger partial charge in [0.2, 0.25) is 0 Å². The summed E-state index contributed by atoms with van der Waals surface area (Å²) in [6, 6.07) is 0. The lowest BCUT2D eigenvalue weighted by atomic mass is 10.0. The first-order valence-electron chi connectivity index (χ1n) is 21.7. The van der Waals surface area contributed by atoms with Gasteiger partial charge in [0.1, 0.15) is 6.61 Å². The molecule has 9 nitrogen and oxygen atoms in total. The Bertz CT molecular complexity index is 1140. The lowest BCUT2D eigenvalue weighted by Crippen LogP contribution is -2.29. The summed E-state index contributed by atoms with van der Waals surface area (Å²) in [5, 5.41) is 0. The molecule has 0 radical (unpaired) electrons. The van der Waals surface area contributed by atoms with Gasteiger partial charge in [-0.05, 0) is 51.4 Å². The Labute approximate surface area is 334 Å². The topological polar surface area (TPSA) is 132 Å². The maximum atomic E-state index is 12.4. The molecule has 316 valence electrons. The molecule has 0 aromatic rings. The Morgan fingerprint density at radius 3 is 1.53 bits per heavy atom. The van der Waals surface area contributed by atoms with Crippen LogP contribution in [0.5, 0.6) is 0 Å². The van der Waals surface area contributed by atoms with Crippen molar-refractivity contribution in [3.05, 3.63) is 60.8 Å². The number of hydrogen-bond acceptors (Lipinski definition) is 7. The molecule has 0 spiro atoms. The molecule has 0 aromatic heterocycles. The lowest BCUT2D eigenvalue weighted by molar-refractivity contribution is -0.161. The third-order valence-corrected chi connectivity index (χ3v) is 9.95. The second kappa shape index (κ2) is 36.1. The summed E-state index contributed by atoms with van der Waals surface area (Å²) >= 11 is 0. The highest BCUT2D eigenvalue weighted by Gasteiger charge is 2.35. The largest absolute Gasteiger partial charge is 0.469 e. The molecule has 55 heavy (non-hydrogen) atoms. The van der Waals surface area contributed by atoms with Crippen LogP contribution in [0.2, 0.25) is 0 Å². The van der Waals surface area contributed by atoms with Gasteiger partial charge in [-0.2, -0.15) is 0 Å². The van der Waals surface area contributed by atoms with Gasteiger partial charge in [-0.15, -0.1) is 0 Å². The Morgan fingerprint density at radius 1 is 0.582 bits per heavy atom. The van der Waals surface area contributed by atoms with Gasteiger partial charge in [0.15, 0.2) is 6.10 Å². The van der Waals surface area contributed by atoms with Gasteiger partial charge in [0, 0.05) is 12.8 Å². The predicted octanol–water partition coefficient (Wildman–Crippen LogP) is 12.3. The Morgan fingerprint density at radius 2 is 1.04 bits per heavy atom. The number of hydrogen-bond donors (Lipinski definition) is 2. The van der Waals surface area contributed by atoms with Crippen molar-refractivity contribution in [3.63, 3.8) is 0 Å². The number of phosphoric ester groups is 1. The fraction of sp³-hybridized carbons (Fsp3) is 0.733. The Balaban J connectivity index is 2.09. The fourth-order valence-electron chi connectivity index (χ4n) is 6.15. The van der Waals surface area contributed by atoms with E-state index in [-0.39, 0.29) is 19.4 Å². The smallest absolute Gasteiger partial charge is 0.462 e. The quantitative estimate of drug-likeness (QED) is 0.0206. The Kier molecular flexibility index (Phi) is 33.3. The van der Waals surface area contributed by atoms with Crippen molar-refractivity contribution in [1.82, 2.24) is 0 Å². The van der Waals surface area contributed by atoms with Crippen molar-refractivity contribution >= 4 is 19.8 Å². The average molecular weight is 793 g/mol. The first-order chi connectivity index (χ1) is 26.7. The van der Waals surface area contributed by atoms with Crippen molar-refractivity contribution in [1.29, 1.82) is 0 Å². The third kappa shape index (κ3) is 35.8. The number of phosphoric acid groups is 1. The van der Waals surface area contributed by atoms with Crippen LogP contribution in [0.3, 0.4) is 0 Å². The van der Waals surface area contributed by atoms with E-state index < -0.39 is 32.5 Å². The molecule has 0 amide bonds. The third-order valence-electron chi connectivity index (χ3n) is 9.47. The maximum absolute atomic E-state index is 12.4. The van der Waals surface area contributed by atoms with E-state index in [2.05, 4.69) is 67.0 Å². The van der Waals surface area contributed by atoms with Crippen molar-refractivity contribution < 1.29 is 42.7 Å². The van der Waals surface area contributed by atoms with Crippen LogP contribution in [0.4, 0.5) is 0 Å². The zero-order valence-electron chi connectivity index (χ0n) is 34.5. The zero-order chi connectivity index (χ0) is 40.1. The minimum atomic E-state index is -4.78. The second-order valence-electron chi connectivity index (χ2n) is 14.7. The van der Waals surface area contributed by atoms with Crippen LogP contribution >= 0.6 is 7.82 Å². The van der Waals surface area contributed by atoms with Crippen LogP contribution in [0, 0.1) is 0 Å². The molecule has 1 fully saturated rings. The van der Waals surface area contributed by atoms with Crippen molar-refractivity contribution in [2.45, 2.75) is 199 Å². The average Bonchev–Trinajstić information content (AvgIpc) is 3.91. The van der Waals surface area contributed by atoms with Crippen LogP contribution in [0.1, 0.15) is 181 Å². The van der Waals surface area contributed by atoms with E-state index in [0.717, 1.165) is 51.4 Å². The van der Waals surface area contributed by atoms with E-state index in [1.807, 2.05) is 12.2 Å². The second-order valence-corrected chi connectivity index (χ2v) is 15.9. The highest BCUT2D eigenvalue weighted by atomic mass is 31.2. The molecule has 2 unspecified atom stereocenters. The number of epoxide rings is 1. The van der Waals surface area contributed by atoms with Crippen LogP contribution in [0.15, 0.2) is 60.8 Å². The summed E-state index contributed by atoms with van der Waals surface area (Å²) < 4.78 is 32.0. The van der Waals surface area contributed by atoms with Crippen molar-refractivity contribution in [2.75, 3.05) is 13.2 Å². The van der Waals surface area contributed by atoms with Gasteiger partial charge in [-0.1, -0.05) is 177 Å². The number of unbranched alkanes of at least 4 members (excludes halogenated alkanes) is 16. The lowest BCUT2D eigenvalue weighted by Gasteiger charge is -2.18. The standard InChI is InChI=1S/C45H77O9P/c1-3-5-7-8-9-10-11-12-13-14-15-16-20-23-26-29-33-37-44(46)51-39-41(40-52-55(48,49)50)53-45(47)38-34-30-27-24-21-18-17-19-22-25-28-32-36-43-42(54-43)35-31-6-4-2/h6,18-19,21-22,27-28,30-32,41-43H,3-5,7-17,20,23-26,29,33-40H2,1-2H3,(H2,48,49,50)/b21-18-,22-19-,30-27-,31-6-,32-28-/t41-,42?,43?/m1/s1. The normalized spacial score (nSPS) is 16.7. The van der Waals surface area contributed by atoms with Crippen LogP contribution in [-0.4, -0.2) is 53.3 Å². The molecule has 1 saturated heterocycles. The van der Waals surface area contributed by atoms with Crippen molar-refractivity contribution in [3.8, 4) is 0 Å². The van der Waals surface area contributed by atoms with Gasteiger partial charge in [0.05, 0.1) is 18.8 Å². The molecule has 1 rings (SSSR count). The predicted molar refractivity (Wildman–Crippen MR) is 225 cm³/mol. The summed E-state index contributed by atoms with van der Waals surface area (Å²) in [5.74, 6) is -0.985. The number of carbonyl (C=O) groups is 2. The highest BCUT2D eigenvalue weighted by Crippen LogP contribution is 2.36. The van der Waals surface area contributed by atoms with E-state index in [1.54, 1.807) is 0 Å². The summed E-state index contributed by atoms with van der Waals surface area (Å²) in [6.07, 6.45) is 48.5. The van der Waals surface area contributed by atoms with Gasteiger partial charge in [-0.25, -0.2) is 4.57 Å². The summed E-state index contributed by atoms with van der Waals surface area (Å²) in [4.78, 5) is 42.9. The molecule has 0 aromatic carbocycles. The van der Waals surface area contributed by atoms with Gasteiger partial charge in [0.25, 0.3) is 0 Å². The number of esters is 2. The molecular weight excluding hydrogens is 715 g/mol. The van der Waals surface area contributed by atoms with Gasteiger partial charge >= 0.3 is 19.8 Å². The van der Waals surface area contributed by atoms with Crippen molar-refractivity contribution in [2.24, 2.45) is 0 Å². The molecule has 0 aliphatic carbocycles. The number of carbonyl (C=O) groups excluding carboxylic acids is 2. The number of allylic oxidation sites excluding steroid dienone is 8. The number of ether oxygens (including phenoxy) is 3. The summed E-state index contributed by atoms with van der Waals surface area (Å²) in [6.45, 7) is 3.51. The molecule has 1 heterocycles. The molecular formula is C45H77O9P. The molecule has 2 N–H and O–H groups in total. The van der Waals surface area contributed by atoms with E-state index in [9.17, 15) is 14.2 Å². The molecule has 3 atom stereocenters. The molecule has 1 aliphatic heterocycles. The molecule has 0 saturated carbocycles. The van der Waals surface area contributed by atoms with E-state index in [0.29, 0.717) is 25.0 Å². The van der Waals surface area contributed by atoms with Gasteiger partial charge in [-0.3, -0.25) is 14.1 Å². The first kappa shape index (κ1) is 50.7.